The Morgan fingerprint density at radius 2 is 1.90 bits per heavy atom. The third-order valence-corrected chi connectivity index (χ3v) is 4.35. The van der Waals surface area contributed by atoms with Crippen molar-refractivity contribution in [3.63, 3.8) is 0 Å². The summed E-state index contributed by atoms with van der Waals surface area (Å²) in [5.74, 6) is -0.170. The molecule has 2 aromatic rings. The first-order chi connectivity index (χ1) is 15.1. The zero-order chi connectivity index (χ0) is 22.6. The van der Waals surface area contributed by atoms with Crippen LogP contribution in [0.3, 0.4) is 0 Å². The maximum absolute atomic E-state index is 11.5. The second-order valence-electron chi connectivity index (χ2n) is 6.28. The minimum absolute atomic E-state index is 0.0187. The van der Waals surface area contributed by atoms with Crippen LogP contribution in [0.5, 0.6) is 0 Å². The number of ether oxygens (including phenoxy) is 1. The van der Waals surface area contributed by atoms with Crippen molar-refractivity contribution in [1.29, 1.82) is 15.8 Å². The minimum atomic E-state index is -0.191. The van der Waals surface area contributed by atoms with E-state index >= 15 is 0 Å². The maximum Gasteiger partial charge on any atom is 0.305 e. The summed E-state index contributed by atoms with van der Waals surface area (Å²) in [7, 11) is 0. The smallest absolute Gasteiger partial charge is 0.305 e. The van der Waals surface area contributed by atoms with Crippen LogP contribution in [-0.4, -0.2) is 35.2 Å². The number of esters is 1. The molecule has 31 heavy (non-hydrogen) atoms. The van der Waals surface area contributed by atoms with Crippen molar-refractivity contribution in [2.75, 3.05) is 24.6 Å². The normalized spacial score (nSPS) is 10.3. The first kappa shape index (κ1) is 23.1. The van der Waals surface area contributed by atoms with Crippen molar-refractivity contribution >= 4 is 23.3 Å². The molecule has 0 N–H and O–H groups in total. The van der Waals surface area contributed by atoms with Gasteiger partial charge in [-0.05, 0) is 44.5 Å². The lowest BCUT2D eigenvalue weighted by atomic mass is 10.2. The molecule has 0 saturated heterocycles. The molecule has 0 radical (unpaired) electrons. The van der Waals surface area contributed by atoms with Crippen LogP contribution in [0.25, 0.3) is 0 Å². The molecular weight excluding hydrogens is 396 g/mol. The Kier molecular flexibility index (Phi) is 8.70. The molecule has 0 saturated carbocycles. The van der Waals surface area contributed by atoms with Crippen molar-refractivity contribution < 1.29 is 9.53 Å². The SMILES string of the molecule is CCOC(=O)CCCN(CC)c1ccc(N=Nc2nc(C#N)c(C#N)n2CC#N)cc1. The zero-order valence-electron chi connectivity index (χ0n) is 17.4. The highest BCUT2D eigenvalue weighted by Gasteiger charge is 2.16. The fourth-order valence-corrected chi connectivity index (χ4v) is 2.88. The highest BCUT2D eigenvalue weighted by Crippen LogP contribution is 2.24. The molecule has 0 fully saturated rings. The second-order valence-corrected chi connectivity index (χ2v) is 6.28. The molecule has 2 rings (SSSR count). The van der Waals surface area contributed by atoms with Gasteiger partial charge in [-0.25, -0.2) is 0 Å². The third kappa shape index (κ3) is 6.12. The van der Waals surface area contributed by atoms with Crippen molar-refractivity contribution in [2.45, 2.75) is 33.2 Å². The molecule has 0 unspecified atom stereocenters. The second kappa shape index (κ2) is 11.7. The number of hydrogen-bond donors (Lipinski definition) is 0. The number of imidazole rings is 1. The number of anilines is 1. The van der Waals surface area contributed by atoms with E-state index < -0.39 is 0 Å². The summed E-state index contributed by atoms with van der Waals surface area (Å²) in [5, 5.41) is 35.4. The standard InChI is InChI=1S/C21H22N8O2/c1-3-28(12-5-6-20(30)31-4-2)17-9-7-16(8-10-17)26-27-21-25-18(14-23)19(15-24)29(21)13-11-22/h7-10H,3-6,12-13H2,1-2H3. The summed E-state index contributed by atoms with van der Waals surface area (Å²) in [6.45, 7) is 5.54. The highest BCUT2D eigenvalue weighted by atomic mass is 16.5. The molecule has 0 aliphatic rings. The number of carbonyl (C=O) groups is 1. The fourth-order valence-electron chi connectivity index (χ4n) is 2.88. The Labute approximate surface area is 180 Å². The minimum Gasteiger partial charge on any atom is -0.466 e. The van der Waals surface area contributed by atoms with Crippen molar-refractivity contribution in [3.05, 3.63) is 35.7 Å². The van der Waals surface area contributed by atoms with Gasteiger partial charge in [0.25, 0.3) is 5.95 Å². The Balaban J connectivity index is 2.10. The van der Waals surface area contributed by atoms with E-state index in [4.69, 9.17) is 15.3 Å². The molecule has 1 aromatic heterocycles. The Bertz CT molecular complexity index is 1050. The highest BCUT2D eigenvalue weighted by molar-refractivity contribution is 5.69. The number of rotatable bonds is 10. The lowest BCUT2D eigenvalue weighted by Crippen LogP contribution is -2.24. The predicted octanol–water partition coefficient (Wildman–Crippen LogP) is 3.74. The molecule has 0 bridgehead atoms. The molecule has 0 atom stereocenters. The zero-order valence-corrected chi connectivity index (χ0v) is 17.4. The van der Waals surface area contributed by atoms with Crippen molar-refractivity contribution in [1.82, 2.24) is 9.55 Å². The first-order valence-corrected chi connectivity index (χ1v) is 9.77. The van der Waals surface area contributed by atoms with Crippen molar-refractivity contribution in [2.24, 2.45) is 10.2 Å². The van der Waals surface area contributed by atoms with E-state index in [0.29, 0.717) is 25.1 Å². The molecule has 10 heteroatoms. The number of nitrogens with zero attached hydrogens (tertiary/aromatic N) is 8. The van der Waals surface area contributed by atoms with Gasteiger partial charge in [-0.15, -0.1) is 10.2 Å². The first-order valence-electron chi connectivity index (χ1n) is 9.77. The van der Waals surface area contributed by atoms with E-state index in [1.165, 1.54) is 4.57 Å². The average molecular weight is 418 g/mol. The summed E-state index contributed by atoms with van der Waals surface area (Å²) in [5.41, 5.74) is 1.42. The van der Waals surface area contributed by atoms with Gasteiger partial charge >= 0.3 is 5.97 Å². The lowest BCUT2D eigenvalue weighted by molar-refractivity contribution is -0.143. The van der Waals surface area contributed by atoms with E-state index in [1.807, 2.05) is 37.3 Å². The van der Waals surface area contributed by atoms with Gasteiger partial charge in [-0.1, -0.05) is 0 Å². The molecule has 10 nitrogen and oxygen atoms in total. The van der Waals surface area contributed by atoms with Gasteiger partial charge in [0.15, 0.2) is 11.4 Å². The number of azo groups is 1. The van der Waals surface area contributed by atoms with Gasteiger partial charge in [0.05, 0.1) is 18.4 Å². The van der Waals surface area contributed by atoms with Crippen LogP contribution in [0.2, 0.25) is 0 Å². The number of carbonyl (C=O) groups excluding carboxylic acids is 1. The van der Waals surface area contributed by atoms with Crippen LogP contribution in [0.4, 0.5) is 17.3 Å². The summed E-state index contributed by atoms with van der Waals surface area (Å²) in [6, 6.07) is 13.0. The van der Waals surface area contributed by atoms with E-state index in [0.717, 1.165) is 18.8 Å². The Morgan fingerprint density at radius 1 is 1.16 bits per heavy atom. The van der Waals surface area contributed by atoms with Crippen LogP contribution in [0, 0.1) is 34.0 Å². The molecule has 0 aliphatic heterocycles. The Morgan fingerprint density at radius 3 is 2.48 bits per heavy atom. The number of hydrogen-bond acceptors (Lipinski definition) is 9. The van der Waals surface area contributed by atoms with Crippen LogP contribution >= 0.6 is 0 Å². The van der Waals surface area contributed by atoms with E-state index in [-0.39, 0.29) is 29.9 Å². The van der Waals surface area contributed by atoms with Crippen molar-refractivity contribution in [3.8, 4) is 18.2 Å². The number of aromatic nitrogens is 2. The summed E-state index contributed by atoms with van der Waals surface area (Å²) in [4.78, 5) is 17.6. The monoisotopic (exact) mass is 418 g/mol. The maximum atomic E-state index is 11.5. The van der Waals surface area contributed by atoms with Crippen LogP contribution in [0.15, 0.2) is 34.5 Å². The number of nitriles is 3. The van der Waals surface area contributed by atoms with Gasteiger partial charge in [0.2, 0.25) is 0 Å². The summed E-state index contributed by atoms with van der Waals surface area (Å²) in [6.07, 6.45) is 1.07. The number of benzene rings is 1. The molecule has 0 spiro atoms. The third-order valence-electron chi connectivity index (χ3n) is 4.35. The van der Waals surface area contributed by atoms with Crippen LogP contribution < -0.4 is 4.90 Å². The lowest BCUT2D eigenvalue weighted by Gasteiger charge is -2.23. The summed E-state index contributed by atoms with van der Waals surface area (Å²) >= 11 is 0. The van der Waals surface area contributed by atoms with E-state index in [1.54, 1.807) is 19.1 Å². The fraction of sp³-hybridized carbons (Fsp3) is 0.381. The topological polar surface area (TPSA) is 143 Å². The van der Waals surface area contributed by atoms with Gasteiger partial charge in [0.1, 0.15) is 18.7 Å². The van der Waals surface area contributed by atoms with Crippen LogP contribution in [0.1, 0.15) is 38.1 Å². The Hall–Kier alpha value is -4.23. The van der Waals surface area contributed by atoms with E-state index in [9.17, 15) is 10.1 Å². The molecule has 1 aromatic carbocycles. The van der Waals surface area contributed by atoms with Gasteiger partial charge in [-0.3, -0.25) is 9.36 Å². The summed E-state index contributed by atoms with van der Waals surface area (Å²) < 4.78 is 6.20. The molecule has 0 aliphatic carbocycles. The predicted molar refractivity (Wildman–Crippen MR) is 112 cm³/mol. The molecule has 158 valence electrons. The van der Waals surface area contributed by atoms with Crippen LogP contribution in [-0.2, 0) is 16.1 Å². The molecule has 1 heterocycles. The van der Waals surface area contributed by atoms with Gasteiger partial charge < -0.3 is 9.64 Å². The van der Waals surface area contributed by atoms with Gasteiger partial charge in [0, 0.05) is 25.2 Å². The largest absolute Gasteiger partial charge is 0.466 e. The quantitative estimate of drug-likeness (QED) is 0.422. The molecular formula is C21H22N8O2. The average Bonchev–Trinajstić information content (AvgIpc) is 3.12. The van der Waals surface area contributed by atoms with E-state index in [2.05, 4.69) is 20.1 Å². The molecule has 0 amide bonds. The van der Waals surface area contributed by atoms with Gasteiger partial charge in [-0.2, -0.15) is 20.8 Å².